The monoisotopic (exact) mass is 420 g/mol. The maximum Gasteiger partial charge on any atom is 0.380 e. The van der Waals surface area contributed by atoms with Gasteiger partial charge in [-0.3, -0.25) is 0 Å². The van der Waals surface area contributed by atoms with Crippen LogP contribution in [0.4, 0.5) is 26.3 Å². The molecule has 0 spiro atoms. The molecule has 2 rings (SSSR count). The van der Waals surface area contributed by atoms with Crippen molar-refractivity contribution < 1.29 is 45.4 Å². The van der Waals surface area contributed by atoms with Crippen LogP contribution >= 0.6 is 0 Å². The van der Waals surface area contributed by atoms with Crippen molar-refractivity contribution >= 4 is 11.9 Å². The number of hydrogen-bond acceptors (Lipinski definition) is 4. The summed E-state index contributed by atoms with van der Waals surface area (Å²) in [7, 11) is 2.04. The number of rotatable bonds is 6. The molecule has 0 bridgehead atoms. The molecule has 2 aromatic rings. The molecule has 0 heterocycles. The van der Waals surface area contributed by atoms with Crippen LogP contribution in [0.2, 0.25) is 0 Å². The van der Waals surface area contributed by atoms with Crippen LogP contribution in [0.25, 0.3) is 0 Å². The van der Waals surface area contributed by atoms with Gasteiger partial charge < -0.3 is 9.47 Å². The summed E-state index contributed by atoms with van der Waals surface area (Å²) in [6.45, 7) is 0. The first-order valence-electron chi connectivity index (χ1n) is 7.91. The summed E-state index contributed by atoms with van der Waals surface area (Å²) in [5.41, 5.74) is -3.27. The summed E-state index contributed by atoms with van der Waals surface area (Å²) in [5.74, 6) is -18.2. The largest absolute Gasteiger partial charge is 0.465 e. The van der Waals surface area contributed by atoms with Crippen LogP contribution in [-0.4, -0.2) is 32.1 Å². The summed E-state index contributed by atoms with van der Waals surface area (Å²) in [5, 5.41) is 0. The van der Waals surface area contributed by atoms with Crippen LogP contribution in [0, 0.1) is 0 Å². The van der Waals surface area contributed by atoms with Crippen molar-refractivity contribution in [1.29, 1.82) is 0 Å². The highest BCUT2D eigenvalue weighted by atomic mass is 19.3. The fourth-order valence-electron chi connectivity index (χ4n) is 2.43. The normalized spacial score (nSPS) is 12.4. The van der Waals surface area contributed by atoms with Crippen LogP contribution in [0.1, 0.15) is 31.8 Å². The topological polar surface area (TPSA) is 52.6 Å². The first kappa shape index (κ1) is 22.3. The number of ether oxygens (including phenoxy) is 2. The summed E-state index contributed by atoms with van der Waals surface area (Å²) >= 11 is 0. The third-order valence-electron chi connectivity index (χ3n) is 4.13. The standard InChI is InChI=1S/C19H14F6O4/c1-28-15(26)11-3-7-13(8-4-11)17(20,21)19(24,25)18(22,23)14-9-5-12(6-10-14)16(27)29-2/h3-10H,1-2H3. The van der Waals surface area contributed by atoms with Crippen molar-refractivity contribution in [2.24, 2.45) is 0 Å². The Kier molecular flexibility index (Phi) is 5.96. The number of hydrogen-bond donors (Lipinski definition) is 0. The van der Waals surface area contributed by atoms with E-state index < -0.39 is 40.8 Å². The van der Waals surface area contributed by atoms with Crippen molar-refractivity contribution in [3.05, 3.63) is 70.8 Å². The molecule has 0 N–H and O–H groups in total. The molecule has 0 aromatic heterocycles. The SMILES string of the molecule is COC(=O)c1ccc(C(F)(F)C(F)(F)C(F)(F)c2ccc(C(=O)OC)cc2)cc1. The molecule has 0 unspecified atom stereocenters. The van der Waals surface area contributed by atoms with Crippen LogP contribution in [0.5, 0.6) is 0 Å². The smallest absolute Gasteiger partial charge is 0.380 e. The third-order valence-corrected chi connectivity index (χ3v) is 4.13. The third kappa shape index (κ3) is 3.79. The first-order chi connectivity index (χ1) is 13.4. The maximum absolute atomic E-state index is 14.4. The number of methoxy groups -OCH3 is 2. The zero-order chi connectivity index (χ0) is 22.0. The summed E-state index contributed by atoms with van der Waals surface area (Å²) in [6, 6.07) is 4.80. The van der Waals surface area contributed by atoms with Crippen molar-refractivity contribution in [2.75, 3.05) is 14.2 Å². The Balaban J connectivity index is 2.42. The van der Waals surface area contributed by atoms with Crippen LogP contribution in [0.3, 0.4) is 0 Å². The van der Waals surface area contributed by atoms with Gasteiger partial charge in [-0.15, -0.1) is 0 Å². The van der Waals surface area contributed by atoms with Crippen LogP contribution in [-0.2, 0) is 21.3 Å². The average Bonchev–Trinajstić information content (AvgIpc) is 2.72. The summed E-state index contributed by atoms with van der Waals surface area (Å²) in [4.78, 5) is 22.6. The van der Waals surface area contributed by atoms with Gasteiger partial charge in [0.15, 0.2) is 0 Å². The molecular formula is C19H14F6O4. The molecule has 0 saturated carbocycles. The molecule has 4 nitrogen and oxygen atoms in total. The van der Waals surface area contributed by atoms with Crippen molar-refractivity contribution in [3.8, 4) is 0 Å². The van der Waals surface area contributed by atoms with E-state index in [1.807, 2.05) is 0 Å². The van der Waals surface area contributed by atoms with Crippen molar-refractivity contribution in [2.45, 2.75) is 17.8 Å². The lowest BCUT2D eigenvalue weighted by Crippen LogP contribution is -2.50. The second-order valence-electron chi connectivity index (χ2n) is 5.86. The van der Waals surface area contributed by atoms with Crippen LogP contribution < -0.4 is 0 Å². The predicted octanol–water partition coefficient (Wildman–Crippen LogP) is 4.78. The van der Waals surface area contributed by atoms with Gasteiger partial charge in [0.25, 0.3) is 0 Å². The van der Waals surface area contributed by atoms with E-state index in [-0.39, 0.29) is 11.1 Å². The molecule has 0 saturated heterocycles. The van der Waals surface area contributed by atoms with Gasteiger partial charge >= 0.3 is 29.7 Å². The van der Waals surface area contributed by atoms with Gasteiger partial charge in [0.1, 0.15) is 0 Å². The lowest BCUT2D eigenvalue weighted by molar-refractivity contribution is -0.321. The van der Waals surface area contributed by atoms with E-state index in [0.717, 1.165) is 38.5 Å². The number of alkyl halides is 6. The Labute approximate surface area is 161 Å². The van der Waals surface area contributed by atoms with Gasteiger partial charge in [-0.05, 0) is 24.3 Å². The average molecular weight is 420 g/mol. The van der Waals surface area contributed by atoms with Crippen molar-refractivity contribution in [3.63, 3.8) is 0 Å². The van der Waals surface area contributed by atoms with Crippen molar-refractivity contribution in [1.82, 2.24) is 0 Å². The predicted molar refractivity (Wildman–Crippen MR) is 88.3 cm³/mol. The highest BCUT2D eigenvalue weighted by Crippen LogP contribution is 2.55. The molecule has 10 heteroatoms. The first-order valence-corrected chi connectivity index (χ1v) is 7.91. The van der Waals surface area contributed by atoms with Gasteiger partial charge in [-0.2, -0.15) is 26.3 Å². The number of esters is 2. The Bertz CT molecular complexity index is 818. The molecule has 0 atom stereocenters. The number of carbonyl (C=O) groups excluding carboxylic acids is 2. The van der Waals surface area contributed by atoms with E-state index in [1.54, 1.807) is 0 Å². The molecule has 0 aliphatic carbocycles. The molecule has 0 radical (unpaired) electrons. The Morgan fingerprint density at radius 2 is 0.897 bits per heavy atom. The van der Waals surface area contributed by atoms with Gasteiger partial charge in [0, 0.05) is 11.1 Å². The minimum Gasteiger partial charge on any atom is -0.465 e. The Hall–Kier alpha value is -3.04. The van der Waals surface area contributed by atoms with E-state index >= 15 is 0 Å². The fourth-order valence-corrected chi connectivity index (χ4v) is 2.43. The van der Waals surface area contributed by atoms with E-state index in [0.29, 0.717) is 24.3 Å². The Morgan fingerprint density at radius 3 is 1.14 bits per heavy atom. The molecule has 0 fully saturated rings. The maximum atomic E-state index is 14.4. The second kappa shape index (κ2) is 7.76. The van der Waals surface area contributed by atoms with E-state index in [2.05, 4.69) is 9.47 Å². The van der Waals surface area contributed by atoms with Gasteiger partial charge in [-0.1, -0.05) is 24.3 Å². The fraction of sp³-hybridized carbons (Fsp3) is 0.263. The minimum absolute atomic E-state index is 0.222. The minimum atomic E-state index is -5.83. The highest BCUT2D eigenvalue weighted by molar-refractivity contribution is 5.89. The van der Waals surface area contributed by atoms with E-state index in [9.17, 15) is 35.9 Å². The molecule has 2 aromatic carbocycles. The molecule has 29 heavy (non-hydrogen) atoms. The molecular weight excluding hydrogens is 406 g/mol. The van der Waals surface area contributed by atoms with Gasteiger partial charge in [-0.25, -0.2) is 9.59 Å². The lowest BCUT2D eigenvalue weighted by Gasteiger charge is -2.33. The molecule has 0 aliphatic heterocycles. The molecule has 156 valence electrons. The van der Waals surface area contributed by atoms with E-state index in [1.165, 1.54) is 0 Å². The van der Waals surface area contributed by atoms with Gasteiger partial charge in [0.2, 0.25) is 0 Å². The quantitative estimate of drug-likeness (QED) is 0.499. The summed E-state index contributed by atoms with van der Waals surface area (Å²) in [6.07, 6.45) is 0. The molecule has 0 aliphatic rings. The number of carbonyl (C=O) groups is 2. The van der Waals surface area contributed by atoms with E-state index in [4.69, 9.17) is 0 Å². The zero-order valence-corrected chi connectivity index (χ0v) is 15.0. The number of benzene rings is 2. The summed E-state index contributed by atoms with van der Waals surface area (Å²) < 4.78 is 94.8. The second-order valence-corrected chi connectivity index (χ2v) is 5.86. The highest BCUT2D eigenvalue weighted by Gasteiger charge is 2.72. The molecule has 0 amide bonds. The zero-order valence-electron chi connectivity index (χ0n) is 15.0. The lowest BCUT2D eigenvalue weighted by atomic mass is 9.92. The Morgan fingerprint density at radius 1 is 0.621 bits per heavy atom. The van der Waals surface area contributed by atoms with Gasteiger partial charge in [0.05, 0.1) is 25.3 Å². The number of halogens is 6. The van der Waals surface area contributed by atoms with Crippen LogP contribution in [0.15, 0.2) is 48.5 Å².